The van der Waals surface area contributed by atoms with Gasteiger partial charge in [0, 0.05) is 11.3 Å². The highest BCUT2D eigenvalue weighted by atomic mass is 16.5. The molecule has 2 N–H and O–H groups in total. The third kappa shape index (κ3) is 4.78. The van der Waals surface area contributed by atoms with Crippen LogP contribution in [0.4, 0.5) is 11.4 Å². The van der Waals surface area contributed by atoms with Crippen LogP contribution in [-0.2, 0) is 0 Å². The van der Waals surface area contributed by atoms with Gasteiger partial charge < -0.3 is 20.1 Å². The molecular formula is C24H24N2O4. The highest BCUT2D eigenvalue weighted by molar-refractivity contribution is 6.08. The molecule has 0 bridgehead atoms. The predicted octanol–water partition coefficient (Wildman–Crippen LogP) is 4.91. The van der Waals surface area contributed by atoms with Crippen LogP contribution in [0.1, 0.15) is 33.2 Å². The summed E-state index contributed by atoms with van der Waals surface area (Å²) in [6.07, 6.45) is 0. The number of benzene rings is 3. The summed E-state index contributed by atoms with van der Waals surface area (Å²) in [6, 6.07) is 19.4. The van der Waals surface area contributed by atoms with E-state index in [2.05, 4.69) is 10.6 Å². The highest BCUT2D eigenvalue weighted by Gasteiger charge is 2.15. The number of aryl methyl sites for hydroxylation is 1. The molecule has 3 rings (SSSR count). The van der Waals surface area contributed by atoms with Gasteiger partial charge in [0.25, 0.3) is 11.8 Å². The molecule has 0 unspecified atom stereocenters. The van der Waals surface area contributed by atoms with E-state index in [1.54, 1.807) is 42.5 Å². The smallest absolute Gasteiger partial charge is 0.259 e. The predicted molar refractivity (Wildman–Crippen MR) is 118 cm³/mol. The van der Waals surface area contributed by atoms with Crippen LogP contribution in [0.25, 0.3) is 0 Å². The Morgan fingerprint density at radius 2 is 1.50 bits per heavy atom. The van der Waals surface area contributed by atoms with E-state index in [-0.39, 0.29) is 11.8 Å². The number of nitrogens with one attached hydrogen (secondary N) is 2. The topological polar surface area (TPSA) is 76.7 Å². The lowest BCUT2D eigenvalue weighted by atomic mass is 10.1. The lowest BCUT2D eigenvalue weighted by Crippen LogP contribution is -2.16. The van der Waals surface area contributed by atoms with E-state index in [4.69, 9.17) is 9.47 Å². The monoisotopic (exact) mass is 404 g/mol. The number of amides is 2. The van der Waals surface area contributed by atoms with Crippen LogP contribution in [0.3, 0.4) is 0 Å². The van der Waals surface area contributed by atoms with Gasteiger partial charge in [-0.3, -0.25) is 9.59 Å². The quantitative estimate of drug-likeness (QED) is 0.587. The second kappa shape index (κ2) is 9.60. The van der Waals surface area contributed by atoms with Crippen molar-refractivity contribution in [3.63, 3.8) is 0 Å². The molecule has 0 atom stereocenters. The summed E-state index contributed by atoms with van der Waals surface area (Å²) in [5.74, 6) is 0.445. The van der Waals surface area contributed by atoms with Gasteiger partial charge in [0.05, 0.1) is 25.0 Å². The molecule has 0 saturated carbocycles. The number of para-hydroxylation sites is 1. The van der Waals surface area contributed by atoms with Crippen molar-refractivity contribution in [1.82, 2.24) is 0 Å². The third-order valence-corrected chi connectivity index (χ3v) is 4.53. The molecule has 3 aromatic rings. The van der Waals surface area contributed by atoms with Crippen LogP contribution in [0, 0.1) is 6.92 Å². The fraction of sp³-hybridized carbons (Fsp3) is 0.167. The second-order valence-electron chi connectivity index (χ2n) is 6.57. The molecule has 0 aliphatic heterocycles. The number of methoxy groups -OCH3 is 1. The van der Waals surface area contributed by atoms with Crippen molar-refractivity contribution >= 4 is 23.2 Å². The van der Waals surface area contributed by atoms with Crippen LogP contribution in [0.5, 0.6) is 11.5 Å². The maximum absolute atomic E-state index is 12.8. The first-order valence-electron chi connectivity index (χ1n) is 9.61. The van der Waals surface area contributed by atoms with E-state index in [9.17, 15) is 9.59 Å². The van der Waals surface area contributed by atoms with Crippen molar-refractivity contribution in [3.8, 4) is 11.5 Å². The maximum Gasteiger partial charge on any atom is 0.259 e. The summed E-state index contributed by atoms with van der Waals surface area (Å²) in [5, 5.41) is 5.71. The summed E-state index contributed by atoms with van der Waals surface area (Å²) in [6.45, 7) is 4.20. The molecule has 0 aliphatic rings. The largest absolute Gasteiger partial charge is 0.495 e. The molecule has 0 spiro atoms. The van der Waals surface area contributed by atoms with E-state index >= 15 is 0 Å². The molecule has 6 heteroatoms. The zero-order chi connectivity index (χ0) is 21.5. The minimum absolute atomic E-state index is 0.253. The highest BCUT2D eigenvalue weighted by Crippen LogP contribution is 2.29. The number of hydrogen-bond donors (Lipinski definition) is 2. The molecule has 154 valence electrons. The Bertz CT molecular complexity index is 1060. The van der Waals surface area contributed by atoms with E-state index in [1.165, 1.54) is 7.11 Å². The zero-order valence-corrected chi connectivity index (χ0v) is 17.2. The molecule has 0 fully saturated rings. The SMILES string of the molecule is CCOc1ccccc1C(=O)Nc1ccc(OC)c(NC(=O)c2ccccc2C)c1. The lowest BCUT2D eigenvalue weighted by Gasteiger charge is -2.14. The molecule has 0 heterocycles. The third-order valence-electron chi connectivity index (χ3n) is 4.53. The molecule has 0 aliphatic carbocycles. The van der Waals surface area contributed by atoms with E-state index in [0.717, 1.165) is 5.56 Å². The Kier molecular flexibility index (Phi) is 6.70. The van der Waals surface area contributed by atoms with Crippen molar-refractivity contribution in [1.29, 1.82) is 0 Å². The Morgan fingerprint density at radius 3 is 2.20 bits per heavy atom. The lowest BCUT2D eigenvalue weighted by molar-refractivity contribution is 0.101. The number of carbonyl (C=O) groups excluding carboxylic acids is 2. The average Bonchev–Trinajstić information content (AvgIpc) is 2.75. The molecule has 0 aromatic heterocycles. The van der Waals surface area contributed by atoms with Crippen LogP contribution in [0.2, 0.25) is 0 Å². The first-order chi connectivity index (χ1) is 14.5. The molecule has 0 radical (unpaired) electrons. The van der Waals surface area contributed by atoms with Crippen molar-refractivity contribution in [3.05, 3.63) is 83.4 Å². The molecule has 3 aromatic carbocycles. The van der Waals surface area contributed by atoms with Crippen LogP contribution in [-0.4, -0.2) is 25.5 Å². The van der Waals surface area contributed by atoms with Crippen LogP contribution >= 0.6 is 0 Å². The van der Waals surface area contributed by atoms with Gasteiger partial charge >= 0.3 is 0 Å². The zero-order valence-electron chi connectivity index (χ0n) is 17.2. The number of hydrogen-bond acceptors (Lipinski definition) is 4. The van der Waals surface area contributed by atoms with Crippen LogP contribution < -0.4 is 20.1 Å². The number of carbonyl (C=O) groups is 2. The summed E-state index contributed by atoms with van der Waals surface area (Å²) in [5.41, 5.74) is 2.85. The van der Waals surface area contributed by atoms with E-state index < -0.39 is 0 Å². The number of anilines is 2. The second-order valence-corrected chi connectivity index (χ2v) is 6.57. The van der Waals surface area contributed by atoms with E-state index in [1.807, 2.05) is 38.1 Å². The van der Waals surface area contributed by atoms with Crippen molar-refractivity contribution in [2.24, 2.45) is 0 Å². The average molecular weight is 404 g/mol. The Hall–Kier alpha value is -3.80. The Balaban J connectivity index is 1.83. The molecule has 30 heavy (non-hydrogen) atoms. The summed E-state index contributed by atoms with van der Waals surface area (Å²) in [4.78, 5) is 25.5. The van der Waals surface area contributed by atoms with Crippen molar-refractivity contribution in [2.45, 2.75) is 13.8 Å². The molecule has 6 nitrogen and oxygen atoms in total. The van der Waals surface area contributed by atoms with Gasteiger partial charge in [-0.15, -0.1) is 0 Å². The summed E-state index contributed by atoms with van der Waals surface area (Å²) in [7, 11) is 1.52. The Labute approximate surface area is 175 Å². The van der Waals surface area contributed by atoms with Gasteiger partial charge in [-0.2, -0.15) is 0 Å². The van der Waals surface area contributed by atoms with Gasteiger partial charge in [-0.05, 0) is 55.8 Å². The number of ether oxygens (including phenoxy) is 2. The first-order valence-corrected chi connectivity index (χ1v) is 9.61. The maximum atomic E-state index is 12.8. The van der Waals surface area contributed by atoms with Crippen LogP contribution in [0.15, 0.2) is 66.7 Å². The van der Waals surface area contributed by atoms with Gasteiger partial charge in [0.1, 0.15) is 11.5 Å². The first kappa shape index (κ1) is 20.9. The molecule has 0 saturated heterocycles. The minimum atomic E-state index is -0.305. The fourth-order valence-corrected chi connectivity index (χ4v) is 3.03. The molecule has 2 amide bonds. The van der Waals surface area contributed by atoms with E-state index in [0.29, 0.717) is 40.6 Å². The molecular weight excluding hydrogens is 380 g/mol. The van der Waals surface area contributed by atoms with Crippen molar-refractivity contribution < 1.29 is 19.1 Å². The van der Waals surface area contributed by atoms with Gasteiger partial charge in [0.15, 0.2) is 0 Å². The number of rotatable bonds is 7. The van der Waals surface area contributed by atoms with Gasteiger partial charge in [0.2, 0.25) is 0 Å². The normalized spacial score (nSPS) is 10.2. The fourth-order valence-electron chi connectivity index (χ4n) is 3.03. The summed E-state index contributed by atoms with van der Waals surface area (Å²) < 4.78 is 10.9. The van der Waals surface area contributed by atoms with Crippen molar-refractivity contribution in [2.75, 3.05) is 24.4 Å². The minimum Gasteiger partial charge on any atom is -0.495 e. The standard InChI is InChI=1S/C24H24N2O4/c1-4-30-21-12-8-7-11-19(21)24(28)25-17-13-14-22(29-3)20(15-17)26-23(27)18-10-6-5-9-16(18)2/h5-15H,4H2,1-3H3,(H,25,28)(H,26,27). The summed E-state index contributed by atoms with van der Waals surface area (Å²) >= 11 is 0. The Morgan fingerprint density at radius 1 is 0.833 bits per heavy atom. The van der Waals surface area contributed by atoms with Gasteiger partial charge in [-0.25, -0.2) is 0 Å². The van der Waals surface area contributed by atoms with Gasteiger partial charge in [-0.1, -0.05) is 30.3 Å².